The van der Waals surface area contributed by atoms with Crippen LogP contribution in [0.1, 0.15) is 74.7 Å². The maximum atomic E-state index is 12.7. The molecule has 1 atom stereocenters. The van der Waals surface area contributed by atoms with Crippen LogP contribution in [0.25, 0.3) is 0 Å². The third-order valence-electron chi connectivity index (χ3n) is 4.90. The molecule has 0 spiro atoms. The smallest absolute Gasteiger partial charge is 0.217 e. The van der Waals surface area contributed by atoms with Gasteiger partial charge in [-0.3, -0.25) is 0 Å². The first-order valence-corrected chi connectivity index (χ1v) is 10.5. The number of nitrogens with zero attached hydrogens (tertiary/aromatic N) is 1. The second kappa shape index (κ2) is 8.30. The Kier molecular flexibility index (Phi) is 8.26. The topological polar surface area (TPSA) is 46.2 Å². The molecule has 0 aromatic carbocycles. The van der Waals surface area contributed by atoms with Crippen molar-refractivity contribution in [1.29, 1.82) is 0 Å². The van der Waals surface area contributed by atoms with E-state index in [1.165, 1.54) is 0 Å². The summed E-state index contributed by atoms with van der Waals surface area (Å²) in [5.41, 5.74) is -0.0109. The molecular weight excluding hydrogens is 308 g/mol. The molecule has 23 heavy (non-hydrogen) atoms. The van der Waals surface area contributed by atoms with Crippen molar-refractivity contribution in [2.24, 2.45) is 5.41 Å². The third kappa shape index (κ3) is 7.99. The first-order valence-electron chi connectivity index (χ1n) is 9.03. The summed E-state index contributed by atoms with van der Waals surface area (Å²) in [5.74, 6) is 0. The van der Waals surface area contributed by atoms with Gasteiger partial charge in [-0.15, -0.1) is 0 Å². The predicted octanol–water partition coefficient (Wildman–Crippen LogP) is 3.78. The molecule has 0 aromatic heterocycles. The maximum Gasteiger partial charge on any atom is 0.217 e. The molecule has 0 heterocycles. The Hall–Kier alpha value is -0.130. The van der Waals surface area contributed by atoms with Crippen LogP contribution in [0.3, 0.4) is 0 Å². The van der Waals surface area contributed by atoms with E-state index in [9.17, 15) is 8.42 Å². The van der Waals surface area contributed by atoms with Crippen LogP contribution in [0.2, 0.25) is 0 Å². The highest BCUT2D eigenvalue weighted by atomic mass is 32.2. The average molecular weight is 350 g/mol. The van der Waals surface area contributed by atoms with Crippen LogP contribution in [0.4, 0.5) is 0 Å². The lowest BCUT2D eigenvalue weighted by atomic mass is 9.86. The predicted molar refractivity (Wildman–Crippen MR) is 101 cm³/mol. The van der Waals surface area contributed by atoms with Gasteiger partial charge >= 0.3 is 0 Å². The Labute approximate surface area is 145 Å². The molecule has 0 aliphatic heterocycles. The van der Waals surface area contributed by atoms with Crippen LogP contribution >= 0.6 is 0 Å². The van der Waals surface area contributed by atoms with E-state index in [1.54, 1.807) is 0 Å². The maximum absolute atomic E-state index is 12.7. The second-order valence-electron chi connectivity index (χ2n) is 9.14. The molecule has 0 saturated carbocycles. The van der Waals surface area contributed by atoms with E-state index >= 15 is 0 Å². The lowest BCUT2D eigenvalue weighted by molar-refractivity contribution is -0.906. The zero-order valence-corrected chi connectivity index (χ0v) is 17.8. The van der Waals surface area contributed by atoms with Gasteiger partial charge in [0, 0.05) is 6.04 Å². The molecule has 140 valence electrons. The Bertz CT molecular complexity index is 446. The van der Waals surface area contributed by atoms with Crippen molar-refractivity contribution in [3.63, 3.8) is 0 Å². The fourth-order valence-corrected chi connectivity index (χ4v) is 4.76. The average Bonchev–Trinajstić information content (AvgIpc) is 2.34. The highest BCUT2D eigenvalue weighted by Crippen LogP contribution is 2.32. The Balaban J connectivity index is 4.62. The first-order chi connectivity index (χ1) is 10.2. The SMILES string of the molecule is CC[N+](C)(CC)CCCC(C)NS(=O)(=O)C(C)(C)CC(C)(C)C. The van der Waals surface area contributed by atoms with Crippen LogP contribution in [-0.2, 0) is 10.0 Å². The third-order valence-corrected chi connectivity index (χ3v) is 7.21. The monoisotopic (exact) mass is 349 g/mol. The molecular formula is C18H41N2O2S+. The van der Waals surface area contributed by atoms with Crippen LogP contribution in [0.5, 0.6) is 0 Å². The van der Waals surface area contributed by atoms with Crippen LogP contribution < -0.4 is 4.72 Å². The molecule has 0 radical (unpaired) electrons. The van der Waals surface area contributed by atoms with Crippen molar-refractivity contribution in [2.75, 3.05) is 26.7 Å². The van der Waals surface area contributed by atoms with E-state index in [0.29, 0.717) is 6.42 Å². The van der Waals surface area contributed by atoms with Gasteiger partial charge in [0.15, 0.2) is 0 Å². The Morgan fingerprint density at radius 3 is 1.91 bits per heavy atom. The lowest BCUT2D eigenvalue weighted by Crippen LogP contribution is -2.48. The molecule has 0 aliphatic carbocycles. The van der Waals surface area contributed by atoms with Gasteiger partial charge in [-0.25, -0.2) is 13.1 Å². The largest absolute Gasteiger partial charge is 0.327 e. The molecule has 0 saturated heterocycles. The highest BCUT2D eigenvalue weighted by molar-refractivity contribution is 7.90. The van der Waals surface area contributed by atoms with Crippen molar-refractivity contribution in [1.82, 2.24) is 4.72 Å². The van der Waals surface area contributed by atoms with E-state index < -0.39 is 14.8 Å². The molecule has 1 unspecified atom stereocenters. The molecule has 1 N–H and O–H groups in total. The minimum Gasteiger partial charge on any atom is -0.327 e. The fraction of sp³-hybridized carbons (Fsp3) is 1.00. The van der Waals surface area contributed by atoms with Crippen molar-refractivity contribution in [3.05, 3.63) is 0 Å². The Morgan fingerprint density at radius 2 is 1.52 bits per heavy atom. The van der Waals surface area contributed by atoms with E-state index in [2.05, 4.69) is 46.4 Å². The van der Waals surface area contributed by atoms with Gasteiger partial charge < -0.3 is 4.48 Å². The van der Waals surface area contributed by atoms with E-state index in [0.717, 1.165) is 37.0 Å². The van der Waals surface area contributed by atoms with Crippen LogP contribution in [0.15, 0.2) is 0 Å². The number of nitrogens with one attached hydrogen (secondary N) is 1. The minimum absolute atomic E-state index is 0.0109. The number of sulfonamides is 1. The zero-order valence-electron chi connectivity index (χ0n) is 17.0. The summed E-state index contributed by atoms with van der Waals surface area (Å²) in [6, 6.07) is -0.0126. The number of rotatable bonds is 10. The summed E-state index contributed by atoms with van der Waals surface area (Å²) in [7, 11) is -1.06. The molecule has 5 heteroatoms. The van der Waals surface area contributed by atoms with Crippen molar-refractivity contribution < 1.29 is 12.9 Å². The standard InChI is InChI=1S/C18H41N2O2S/c1-10-20(9,11-2)14-12-13-16(3)19-23(21,22)18(7,8)15-17(4,5)6/h16,19H,10-15H2,1-9H3/q+1. The van der Waals surface area contributed by atoms with Crippen molar-refractivity contribution in [3.8, 4) is 0 Å². The summed E-state index contributed by atoms with van der Waals surface area (Å²) in [4.78, 5) is 0. The van der Waals surface area contributed by atoms with E-state index in [1.807, 2.05) is 20.8 Å². The summed E-state index contributed by atoms with van der Waals surface area (Å²) < 4.78 is 28.6. The molecule has 0 fully saturated rings. The van der Waals surface area contributed by atoms with Gasteiger partial charge in [-0.05, 0) is 59.3 Å². The number of hydrogen-bond acceptors (Lipinski definition) is 2. The van der Waals surface area contributed by atoms with Gasteiger partial charge in [0.25, 0.3) is 0 Å². The molecule has 0 bridgehead atoms. The fourth-order valence-electron chi connectivity index (χ4n) is 3.17. The second-order valence-corrected chi connectivity index (χ2v) is 11.5. The Morgan fingerprint density at radius 1 is 1.04 bits per heavy atom. The van der Waals surface area contributed by atoms with Gasteiger partial charge in [0.1, 0.15) is 0 Å². The number of hydrogen-bond donors (Lipinski definition) is 1. The summed E-state index contributed by atoms with van der Waals surface area (Å²) in [6.07, 6.45) is 2.57. The van der Waals surface area contributed by atoms with Gasteiger partial charge in [-0.1, -0.05) is 20.8 Å². The summed E-state index contributed by atoms with van der Waals surface area (Å²) in [5, 5.41) is 0. The van der Waals surface area contributed by atoms with Crippen LogP contribution in [0, 0.1) is 5.41 Å². The van der Waals surface area contributed by atoms with Gasteiger partial charge in [0.2, 0.25) is 10.0 Å². The van der Waals surface area contributed by atoms with E-state index in [4.69, 9.17) is 0 Å². The normalized spacial score (nSPS) is 15.7. The summed E-state index contributed by atoms with van der Waals surface area (Å²) in [6.45, 7) is 19.7. The lowest BCUT2D eigenvalue weighted by Gasteiger charge is -2.34. The quantitative estimate of drug-likeness (QED) is 0.610. The molecule has 0 aliphatic rings. The zero-order chi connectivity index (χ0) is 18.5. The minimum atomic E-state index is -3.32. The molecule has 0 rings (SSSR count). The first kappa shape index (κ1) is 22.9. The molecule has 0 amide bonds. The van der Waals surface area contributed by atoms with Gasteiger partial charge in [-0.2, -0.15) is 0 Å². The summed E-state index contributed by atoms with van der Waals surface area (Å²) >= 11 is 0. The molecule has 4 nitrogen and oxygen atoms in total. The highest BCUT2D eigenvalue weighted by Gasteiger charge is 2.38. The van der Waals surface area contributed by atoms with E-state index in [-0.39, 0.29) is 11.5 Å². The molecule has 0 aromatic rings. The van der Waals surface area contributed by atoms with Crippen LogP contribution in [-0.4, -0.2) is 50.4 Å². The van der Waals surface area contributed by atoms with Gasteiger partial charge in [0.05, 0.1) is 31.4 Å². The van der Waals surface area contributed by atoms with Crippen molar-refractivity contribution >= 4 is 10.0 Å². The number of quaternary nitrogens is 1. The van der Waals surface area contributed by atoms with Crippen molar-refractivity contribution in [2.45, 2.75) is 85.4 Å².